The van der Waals surface area contributed by atoms with Crippen LogP contribution in [0.15, 0.2) is 54.6 Å². The van der Waals surface area contributed by atoms with Crippen LogP contribution in [0.2, 0.25) is 0 Å². The summed E-state index contributed by atoms with van der Waals surface area (Å²) < 4.78 is 40.2. The van der Waals surface area contributed by atoms with E-state index < -0.39 is 24.1 Å². The molecule has 2 unspecified atom stereocenters. The molecule has 2 atom stereocenters. The monoisotopic (exact) mass is 538 g/mol. The van der Waals surface area contributed by atoms with Crippen LogP contribution < -0.4 is 28.4 Å². The van der Waals surface area contributed by atoms with Gasteiger partial charge in [-0.3, -0.25) is 9.59 Å². The van der Waals surface area contributed by atoms with Crippen LogP contribution in [-0.4, -0.2) is 46.0 Å². The van der Waals surface area contributed by atoms with Gasteiger partial charge in [-0.15, -0.1) is 0 Å². The van der Waals surface area contributed by atoms with Crippen molar-refractivity contribution in [3.05, 3.63) is 71.3 Å². The number of ether oxygens (including phenoxy) is 7. The minimum absolute atomic E-state index is 0.140. The zero-order valence-corrected chi connectivity index (χ0v) is 23.2. The van der Waals surface area contributed by atoms with Crippen molar-refractivity contribution in [3.63, 3.8) is 0 Å². The molecule has 9 heteroatoms. The van der Waals surface area contributed by atoms with Gasteiger partial charge >= 0.3 is 11.9 Å². The molecule has 0 aliphatic carbocycles. The van der Waals surface area contributed by atoms with Gasteiger partial charge in [0.1, 0.15) is 6.61 Å². The predicted octanol–water partition coefficient (Wildman–Crippen LogP) is 5.39. The van der Waals surface area contributed by atoms with E-state index in [2.05, 4.69) is 0 Å². The topological polar surface area (TPSA) is 98.8 Å². The molecule has 0 saturated heterocycles. The number of carbonyl (C=O) groups excluding carboxylic acids is 2. The highest BCUT2D eigenvalue weighted by molar-refractivity contribution is 5.70. The molecule has 0 saturated carbocycles. The summed E-state index contributed by atoms with van der Waals surface area (Å²) >= 11 is 0. The normalized spacial score (nSPS) is 12.1. The van der Waals surface area contributed by atoms with Crippen molar-refractivity contribution >= 4 is 11.9 Å². The Kier molecular flexibility index (Phi) is 10.0. The van der Waals surface area contributed by atoms with Gasteiger partial charge in [0.25, 0.3) is 0 Å². The molecule has 0 N–H and O–H groups in total. The molecule has 0 spiro atoms. The lowest BCUT2D eigenvalue weighted by molar-refractivity contribution is -0.145. The Morgan fingerprint density at radius 1 is 0.641 bits per heavy atom. The molecule has 0 aromatic heterocycles. The van der Waals surface area contributed by atoms with Crippen molar-refractivity contribution in [2.45, 2.75) is 39.9 Å². The number of methoxy groups -OCH3 is 3. The smallest absolute Gasteiger partial charge is 0.308 e. The summed E-state index contributed by atoms with van der Waals surface area (Å²) in [6.07, 6.45) is -1.69. The largest absolute Gasteiger partial charge is 0.493 e. The summed E-state index contributed by atoms with van der Waals surface area (Å²) in [4.78, 5) is 23.4. The summed E-state index contributed by atoms with van der Waals surface area (Å²) in [7, 11) is 4.57. The second-order valence-corrected chi connectivity index (χ2v) is 8.81. The first-order chi connectivity index (χ1) is 18.6. The minimum atomic E-state index is -0.846. The van der Waals surface area contributed by atoms with Crippen molar-refractivity contribution in [3.8, 4) is 34.5 Å². The predicted molar refractivity (Wildman–Crippen MR) is 144 cm³/mol. The maximum atomic E-state index is 11.8. The quantitative estimate of drug-likeness (QED) is 0.222. The summed E-state index contributed by atoms with van der Waals surface area (Å²) in [5, 5.41) is 0. The first kappa shape index (κ1) is 29.2. The zero-order chi connectivity index (χ0) is 28.5. The summed E-state index contributed by atoms with van der Waals surface area (Å²) in [5.41, 5.74) is 2.58. The highest BCUT2D eigenvalue weighted by atomic mass is 16.6. The minimum Gasteiger partial charge on any atom is -0.493 e. The van der Waals surface area contributed by atoms with Crippen LogP contribution in [0.25, 0.3) is 0 Å². The first-order valence-corrected chi connectivity index (χ1v) is 12.3. The Morgan fingerprint density at radius 2 is 1.15 bits per heavy atom. The molecule has 0 aliphatic heterocycles. The number of carbonyl (C=O) groups is 2. The van der Waals surface area contributed by atoms with Crippen molar-refractivity contribution in [1.82, 2.24) is 0 Å². The fourth-order valence-electron chi connectivity index (χ4n) is 3.89. The molecule has 0 fully saturated rings. The number of hydrogen-bond acceptors (Lipinski definition) is 9. The van der Waals surface area contributed by atoms with Gasteiger partial charge in [-0.2, -0.15) is 0 Å². The van der Waals surface area contributed by atoms with Crippen LogP contribution in [0, 0.1) is 13.8 Å². The molecule has 208 valence electrons. The SMILES string of the molecule is COc1cc(C(Oc2ccc(C)cc2OC)C(COC(C)=O)Oc2ccc(C)cc2OC)ccc1OC(C)=O. The Hall–Kier alpha value is -4.40. The second kappa shape index (κ2) is 13.4. The van der Waals surface area contributed by atoms with Gasteiger partial charge in [0.05, 0.1) is 21.3 Å². The lowest BCUT2D eigenvalue weighted by Crippen LogP contribution is -2.34. The van der Waals surface area contributed by atoms with E-state index in [0.29, 0.717) is 34.3 Å². The molecule has 3 aromatic carbocycles. The maximum Gasteiger partial charge on any atom is 0.308 e. The molecule has 0 heterocycles. The van der Waals surface area contributed by atoms with Crippen molar-refractivity contribution < 1.29 is 42.7 Å². The van der Waals surface area contributed by atoms with Crippen molar-refractivity contribution in [2.24, 2.45) is 0 Å². The maximum absolute atomic E-state index is 11.8. The number of hydrogen-bond donors (Lipinski definition) is 0. The van der Waals surface area contributed by atoms with Gasteiger partial charge in [-0.1, -0.05) is 18.2 Å². The summed E-state index contributed by atoms with van der Waals surface area (Å²) in [6.45, 7) is 6.37. The van der Waals surface area contributed by atoms with Gasteiger partial charge in [0.15, 0.2) is 46.7 Å². The molecule has 9 nitrogen and oxygen atoms in total. The lowest BCUT2D eigenvalue weighted by Gasteiger charge is -2.30. The molecule has 0 amide bonds. The molecule has 3 rings (SSSR count). The van der Waals surface area contributed by atoms with Crippen molar-refractivity contribution in [2.75, 3.05) is 27.9 Å². The van der Waals surface area contributed by atoms with E-state index in [1.54, 1.807) is 44.6 Å². The molecular weight excluding hydrogens is 504 g/mol. The highest BCUT2D eigenvalue weighted by Crippen LogP contribution is 2.39. The van der Waals surface area contributed by atoms with Gasteiger partial charge in [-0.25, -0.2) is 0 Å². The third-order valence-corrected chi connectivity index (χ3v) is 5.73. The number of aryl methyl sites for hydroxylation is 2. The molecule has 0 bridgehead atoms. The van der Waals surface area contributed by atoms with E-state index >= 15 is 0 Å². The molecule has 0 aliphatic rings. The van der Waals surface area contributed by atoms with Crippen LogP contribution in [0.1, 0.15) is 36.6 Å². The van der Waals surface area contributed by atoms with Crippen LogP contribution in [0.5, 0.6) is 34.5 Å². The third kappa shape index (κ3) is 7.80. The Labute approximate surface area is 228 Å². The second-order valence-electron chi connectivity index (χ2n) is 8.81. The van der Waals surface area contributed by atoms with Crippen LogP contribution in [0.3, 0.4) is 0 Å². The number of esters is 2. The first-order valence-electron chi connectivity index (χ1n) is 12.3. The highest BCUT2D eigenvalue weighted by Gasteiger charge is 2.31. The average Bonchev–Trinajstić information content (AvgIpc) is 2.91. The zero-order valence-electron chi connectivity index (χ0n) is 23.2. The molecule has 39 heavy (non-hydrogen) atoms. The third-order valence-electron chi connectivity index (χ3n) is 5.73. The Bertz CT molecular complexity index is 1300. The van der Waals surface area contributed by atoms with E-state index in [1.807, 2.05) is 38.1 Å². The summed E-state index contributed by atoms with van der Waals surface area (Å²) in [6, 6.07) is 16.1. The van der Waals surface area contributed by atoms with Crippen LogP contribution in [0.4, 0.5) is 0 Å². The van der Waals surface area contributed by atoms with E-state index in [9.17, 15) is 9.59 Å². The van der Waals surface area contributed by atoms with Gasteiger partial charge in [0, 0.05) is 19.4 Å². The van der Waals surface area contributed by atoms with E-state index in [1.165, 1.54) is 21.0 Å². The standard InChI is InChI=1S/C30H34O9/c1-18-8-11-24(26(14-18)33-5)38-29(17-36-20(3)31)30(39-25-12-9-19(2)15-27(25)34-6)22-10-13-23(37-21(4)32)28(16-22)35-7/h8-16,29-30H,17H2,1-7H3. The fraction of sp³-hybridized carbons (Fsp3) is 0.333. The fourth-order valence-corrected chi connectivity index (χ4v) is 3.89. The van der Waals surface area contributed by atoms with E-state index in [0.717, 1.165) is 11.1 Å². The Morgan fingerprint density at radius 3 is 1.67 bits per heavy atom. The van der Waals surface area contributed by atoms with E-state index in [-0.39, 0.29) is 12.4 Å². The van der Waals surface area contributed by atoms with Gasteiger partial charge in [-0.05, 0) is 61.4 Å². The van der Waals surface area contributed by atoms with Crippen LogP contribution >= 0.6 is 0 Å². The van der Waals surface area contributed by atoms with Crippen LogP contribution in [-0.2, 0) is 14.3 Å². The van der Waals surface area contributed by atoms with E-state index in [4.69, 9.17) is 33.2 Å². The van der Waals surface area contributed by atoms with Crippen molar-refractivity contribution in [1.29, 1.82) is 0 Å². The van der Waals surface area contributed by atoms with Gasteiger partial charge in [0.2, 0.25) is 0 Å². The van der Waals surface area contributed by atoms with Gasteiger partial charge < -0.3 is 33.2 Å². The summed E-state index contributed by atoms with van der Waals surface area (Å²) in [5.74, 6) is 1.51. The average molecular weight is 539 g/mol. The molecule has 0 radical (unpaired) electrons. The molecule has 3 aromatic rings. The number of benzene rings is 3. The molecular formula is C30H34O9. The lowest BCUT2D eigenvalue weighted by atomic mass is 10.0. The number of rotatable bonds is 12. The Balaban J connectivity index is 2.14.